The van der Waals surface area contributed by atoms with E-state index in [-0.39, 0.29) is 12.2 Å². The normalized spacial score (nSPS) is 17.1. The van der Waals surface area contributed by atoms with E-state index in [0.717, 1.165) is 0 Å². The second-order valence-electron chi connectivity index (χ2n) is 8.71. The molecule has 1 saturated heterocycles. The smallest absolute Gasteiger partial charge is 0.296 e. The molecule has 0 unspecified atom stereocenters. The van der Waals surface area contributed by atoms with Gasteiger partial charge in [-0.2, -0.15) is 5.10 Å². The van der Waals surface area contributed by atoms with E-state index in [0.29, 0.717) is 68.4 Å². The highest BCUT2D eigenvalue weighted by atomic mass is 19.1. The van der Waals surface area contributed by atoms with Crippen LogP contribution in [-0.2, 0) is 23.4 Å². The van der Waals surface area contributed by atoms with Gasteiger partial charge in [0.2, 0.25) is 5.75 Å². The maximum Gasteiger partial charge on any atom is 0.296 e. The maximum atomic E-state index is 14.0. The van der Waals surface area contributed by atoms with Crippen LogP contribution in [0, 0.1) is 12.7 Å². The Morgan fingerprint density at radius 3 is 2.89 bits per heavy atom. The summed E-state index contributed by atoms with van der Waals surface area (Å²) in [5.41, 5.74) is -0.827. The minimum atomic E-state index is -0.793. The Morgan fingerprint density at radius 2 is 2.14 bits per heavy atom. The third-order valence-corrected chi connectivity index (χ3v) is 6.52. The van der Waals surface area contributed by atoms with Gasteiger partial charge in [0, 0.05) is 19.7 Å². The first-order valence-corrected chi connectivity index (χ1v) is 11.5. The number of ether oxygens (including phenoxy) is 1. The van der Waals surface area contributed by atoms with Crippen LogP contribution in [0.15, 0.2) is 29.3 Å². The number of nitrogens with zero attached hydrogens (tertiary/aromatic N) is 5. The first-order chi connectivity index (χ1) is 16.9. The number of hydrogen-bond donors (Lipinski definition) is 3. The molecule has 0 radical (unpaired) electrons. The van der Waals surface area contributed by atoms with Crippen molar-refractivity contribution in [2.24, 2.45) is 0 Å². The predicted octanol–water partition coefficient (Wildman–Crippen LogP) is 0.906. The first kappa shape index (κ1) is 23.1. The third kappa shape index (κ3) is 4.19. The number of aromatic nitrogens is 5. The number of carbonyl (C=O) groups excluding carboxylic acids is 1. The Kier molecular flexibility index (Phi) is 6.07. The molecule has 1 amide bonds. The highest BCUT2D eigenvalue weighted by Gasteiger charge is 2.41. The summed E-state index contributed by atoms with van der Waals surface area (Å²) in [5.74, 6) is -0.973. The number of rotatable bonds is 4. The highest BCUT2D eigenvalue weighted by Crippen LogP contribution is 2.35. The van der Waals surface area contributed by atoms with Crippen molar-refractivity contribution < 1.29 is 19.0 Å². The number of hydrogen-bond acceptors (Lipinski definition) is 8. The van der Waals surface area contributed by atoms with Crippen LogP contribution in [0.3, 0.4) is 0 Å². The number of aryl methyl sites for hydroxylation is 1. The molecule has 1 aromatic carbocycles. The summed E-state index contributed by atoms with van der Waals surface area (Å²) in [6.45, 7) is 3.89. The van der Waals surface area contributed by atoms with Crippen molar-refractivity contribution in [1.82, 2.24) is 34.9 Å². The van der Waals surface area contributed by atoms with Crippen molar-refractivity contribution in [3.63, 3.8) is 0 Å². The van der Waals surface area contributed by atoms with Crippen LogP contribution in [-0.4, -0.2) is 55.0 Å². The molecule has 184 valence electrons. The van der Waals surface area contributed by atoms with Gasteiger partial charge in [-0.25, -0.2) is 19.0 Å². The largest absolute Gasteiger partial charge is 0.501 e. The lowest BCUT2D eigenvalue weighted by Gasteiger charge is -2.36. The number of amides is 1. The average molecular weight is 484 g/mol. The van der Waals surface area contributed by atoms with E-state index >= 15 is 0 Å². The molecule has 0 aliphatic carbocycles. The Bertz CT molecular complexity index is 1330. The first-order valence-electron chi connectivity index (χ1n) is 11.5. The van der Waals surface area contributed by atoms with Gasteiger partial charge in [-0.05, 0) is 57.0 Å². The van der Waals surface area contributed by atoms with Crippen molar-refractivity contribution >= 4 is 5.91 Å². The van der Waals surface area contributed by atoms with Crippen molar-refractivity contribution in [1.29, 1.82) is 0 Å². The van der Waals surface area contributed by atoms with Crippen LogP contribution < -0.4 is 16.2 Å². The van der Waals surface area contributed by atoms with E-state index in [2.05, 4.69) is 25.7 Å². The molecule has 11 nitrogen and oxygen atoms in total. The van der Waals surface area contributed by atoms with Crippen LogP contribution >= 0.6 is 0 Å². The minimum absolute atomic E-state index is 0.0150. The molecule has 5 rings (SSSR count). The van der Waals surface area contributed by atoms with Crippen LogP contribution in [0.4, 0.5) is 4.39 Å². The summed E-state index contributed by atoms with van der Waals surface area (Å²) >= 11 is 0. The fraction of sp³-hybridized carbons (Fsp3) is 0.435. The summed E-state index contributed by atoms with van der Waals surface area (Å²) < 4.78 is 23.0. The number of piperidine rings is 1. The average Bonchev–Trinajstić information content (AvgIpc) is 3.21. The number of halogens is 1. The Labute approximate surface area is 200 Å². The molecule has 3 N–H and O–H groups in total. The lowest BCUT2D eigenvalue weighted by Crippen LogP contribution is -2.45. The molecule has 0 saturated carbocycles. The van der Waals surface area contributed by atoms with Crippen LogP contribution in [0.1, 0.15) is 47.0 Å². The van der Waals surface area contributed by atoms with E-state index in [1.165, 1.54) is 33.8 Å². The van der Waals surface area contributed by atoms with Gasteiger partial charge in [0.1, 0.15) is 29.4 Å². The monoisotopic (exact) mass is 483 g/mol. The number of carbonyl (C=O) groups is 1. The number of nitrogens with one attached hydrogen (secondary N) is 2. The molecule has 0 atom stereocenters. The number of aromatic hydroxyl groups is 1. The zero-order valence-corrected chi connectivity index (χ0v) is 19.3. The summed E-state index contributed by atoms with van der Waals surface area (Å²) in [5, 5.41) is 20.7. The lowest BCUT2D eigenvalue weighted by atomic mass is 9.90. The van der Waals surface area contributed by atoms with Gasteiger partial charge in [-0.1, -0.05) is 6.07 Å². The second-order valence-corrected chi connectivity index (χ2v) is 8.71. The van der Waals surface area contributed by atoms with Crippen molar-refractivity contribution in [3.05, 3.63) is 63.6 Å². The minimum Gasteiger partial charge on any atom is -0.501 e. The Morgan fingerprint density at radius 1 is 1.34 bits per heavy atom. The van der Waals surface area contributed by atoms with Crippen LogP contribution in [0.2, 0.25) is 0 Å². The van der Waals surface area contributed by atoms with Crippen molar-refractivity contribution in [3.8, 4) is 11.4 Å². The quantitative estimate of drug-likeness (QED) is 0.498. The zero-order valence-electron chi connectivity index (χ0n) is 19.3. The number of fused-ring (bicyclic) bond motifs is 2. The van der Waals surface area contributed by atoms with Gasteiger partial charge in [-0.15, -0.1) is 0 Å². The second kappa shape index (κ2) is 9.19. The molecule has 1 spiro atoms. The lowest BCUT2D eigenvalue weighted by molar-refractivity contribution is -0.0731. The van der Waals surface area contributed by atoms with E-state index in [1.54, 1.807) is 6.92 Å². The molecule has 0 bridgehead atoms. The van der Waals surface area contributed by atoms with Gasteiger partial charge >= 0.3 is 0 Å². The van der Waals surface area contributed by atoms with E-state index in [4.69, 9.17) is 4.74 Å². The SMILES string of the molecule is Cc1ncnn1-c1cc(F)ccc1CNC(=O)c1nc2n(c(=O)c1O)CCCOC21CCNCC1. The molecular formula is C23H26FN7O4. The molecule has 2 aromatic heterocycles. The third-order valence-electron chi connectivity index (χ3n) is 6.52. The summed E-state index contributed by atoms with van der Waals surface area (Å²) in [7, 11) is 0. The van der Waals surface area contributed by atoms with E-state index in [1.807, 2.05) is 0 Å². The van der Waals surface area contributed by atoms with Crippen LogP contribution in [0.5, 0.6) is 5.75 Å². The molecule has 1 fully saturated rings. The maximum absolute atomic E-state index is 14.0. The molecule has 4 heterocycles. The summed E-state index contributed by atoms with van der Waals surface area (Å²) in [6, 6.07) is 4.11. The standard InChI is InChI=1S/C23H26FN7O4/c1-14-27-13-28-31(14)17-11-16(24)4-3-15(17)12-26-20(33)18-19(32)21(34)30-9-2-10-35-23(22(30)29-18)5-7-25-8-6-23/h3-4,11,13,25,32H,2,5-10,12H2,1H3,(H,26,33). The molecule has 35 heavy (non-hydrogen) atoms. The summed E-state index contributed by atoms with van der Waals surface area (Å²) in [4.78, 5) is 34.7. The predicted molar refractivity (Wildman–Crippen MR) is 122 cm³/mol. The Balaban J connectivity index is 1.47. The molecule has 3 aromatic rings. The topological polar surface area (TPSA) is 136 Å². The fourth-order valence-corrected chi connectivity index (χ4v) is 4.69. The Hall–Kier alpha value is -3.64. The summed E-state index contributed by atoms with van der Waals surface area (Å²) in [6.07, 6.45) is 3.15. The molecular weight excluding hydrogens is 457 g/mol. The van der Waals surface area contributed by atoms with Crippen LogP contribution in [0.25, 0.3) is 5.69 Å². The van der Waals surface area contributed by atoms with Gasteiger partial charge in [0.05, 0.1) is 5.69 Å². The molecule has 2 aliphatic heterocycles. The fourth-order valence-electron chi connectivity index (χ4n) is 4.69. The molecule has 2 aliphatic rings. The van der Waals surface area contributed by atoms with Crippen molar-refractivity contribution in [2.45, 2.75) is 44.9 Å². The van der Waals surface area contributed by atoms with Gasteiger partial charge in [0.15, 0.2) is 5.69 Å². The zero-order chi connectivity index (χ0) is 24.6. The van der Waals surface area contributed by atoms with Crippen molar-refractivity contribution in [2.75, 3.05) is 19.7 Å². The highest BCUT2D eigenvalue weighted by molar-refractivity contribution is 5.94. The number of benzene rings is 1. The molecule has 12 heteroatoms. The van der Waals surface area contributed by atoms with Gasteiger partial charge in [-0.3, -0.25) is 14.2 Å². The van der Waals surface area contributed by atoms with E-state index < -0.39 is 28.6 Å². The van der Waals surface area contributed by atoms with E-state index in [9.17, 15) is 19.1 Å². The van der Waals surface area contributed by atoms with Gasteiger partial charge in [0.25, 0.3) is 11.5 Å². The van der Waals surface area contributed by atoms with Gasteiger partial charge < -0.3 is 20.5 Å².